The Morgan fingerprint density at radius 3 is 2.81 bits per heavy atom. The van der Waals surface area contributed by atoms with Gasteiger partial charge in [0.2, 0.25) is 5.91 Å². The number of aryl methyl sites for hydroxylation is 1. The molecule has 8 nitrogen and oxygen atoms in total. The van der Waals surface area contributed by atoms with Crippen LogP contribution in [-0.4, -0.2) is 57.3 Å². The average molecular weight is 429 g/mol. The molecule has 0 radical (unpaired) electrons. The number of carboxylic acids is 1. The maximum Gasteiger partial charge on any atom is 0.303 e. The van der Waals surface area contributed by atoms with Gasteiger partial charge in [-0.15, -0.1) is 0 Å². The number of hydrogen-bond donors (Lipinski definition) is 2. The van der Waals surface area contributed by atoms with Gasteiger partial charge in [0.05, 0.1) is 12.7 Å². The summed E-state index contributed by atoms with van der Waals surface area (Å²) in [6, 6.07) is 6.28. The molecule has 2 bridgehead atoms. The minimum atomic E-state index is -0.870. The number of carbonyl (C=O) groups is 2. The standard InChI is InChI=1S/C23H32N4O4/c1-23(2,12-22(29)30)11-21(28)24-13-16-9-15-6-7-27(16)14-17(15)19-10-18(25-26(19)3)20-5-4-8-31-20/h4-5,8,10,15-17H,6-7,9,11-14H2,1-3H3,(H,24,28)(H,29,30). The molecule has 3 fully saturated rings. The van der Waals surface area contributed by atoms with Gasteiger partial charge in [-0.1, -0.05) is 13.8 Å². The largest absolute Gasteiger partial charge is 0.481 e. The molecule has 8 heteroatoms. The number of aromatic nitrogens is 2. The maximum atomic E-state index is 12.4. The van der Waals surface area contributed by atoms with Gasteiger partial charge >= 0.3 is 5.97 Å². The molecule has 5 rings (SSSR count). The third-order valence-corrected chi connectivity index (χ3v) is 6.75. The van der Waals surface area contributed by atoms with Gasteiger partial charge < -0.3 is 14.8 Å². The van der Waals surface area contributed by atoms with E-state index in [1.54, 1.807) is 6.26 Å². The summed E-state index contributed by atoms with van der Waals surface area (Å²) in [6.07, 6.45) is 4.08. The fraction of sp³-hybridized carbons (Fsp3) is 0.609. The number of rotatable bonds is 8. The lowest BCUT2D eigenvalue weighted by Crippen LogP contribution is -2.56. The summed E-state index contributed by atoms with van der Waals surface area (Å²) < 4.78 is 7.48. The van der Waals surface area contributed by atoms with Crippen molar-refractivity contribution in [3.05, 3.63) is 30.2 Å². The highest BCUT2D eigenvalue weighted by Crippen LogP contribution is 2.42. The molecule has 0 aromatic carbocycles. The highest BCUT2D eigenvalue weighted by Gasteiger charge is 2.42. The maximum absolute atomic E-state index is 12.4. The summed E-state index contributed by atoms with van der Waals surface area (Å²) >= 11 is 0. The van der Waals surface area contributed by atoms with Crippen LogP contribution in [0.3, 0.4) is 0 Å². The second-order valence-electron chi connectivity index (χ2n) is 9.81. The van der Waals surface area contributed by atoms with Crippen LogP contribution >= 0.6 is 0 Å². The normalized spacial score (nSPS) is 25.5. The number of fused-ring (bicyclic) bond motifs is 3. The Balaban J connectivity index is 1.35. The van der Waals surface area contributed by atoms with Crippen molar-refractivity contribution in [2.45, 2.75) is 51.5 Å². The van der Waals surface area contributed by atoms with Gasteiger partial charge in [0.15, 0.2) is 5.76 Å². The van der Waals surface area contributed by atoms with E-state index in [9.17, 15) is 9.59 Å². The first-order chi connectivity index (χ1) is 14.7. The molecule has 31 heavy (non-hydrogen) atoms. The van der Waals surface area contributed by atoms with Gasteiger partial charge in [-0.05, 0) is 48.9 Å². The second kappa shape index (κ2) is 8.49. The number of hydrogen-bond acceptors (Lipinski definition) is 5. The van der Waals surface area contributed by atoms with Crippen molar-refractivity contribution in [2.24, 2.45) is 18.4 Å². The van der Waals surface area contributed by atoms with Crippen molar-refractivity contribution in [3.8, 4) is 11.5 Å². The Labute approximate surface area is 182 Å². The third kappa shape index (κ3) is 4.84. The molecular weight excluding hydrogens is 396 g/mol. The molecule has 3 aliphatic heterocycles. The van der Waals surface area contributed by atoms with Crippen LogP contribution in [0.25, 0.3) is 11.5 Å². The lowest BCUT2D eigenvalue weighted by molar-refractivity contribution is -0.139. The van der Waals surface area contributed by atoms with E-state index in [2.05, 4.69) is 21.4 Å². The van der Waals surface area contributed by atoms with Crippen LogP contribution in [0.1, 0.15) is 51.1 Å². The topological polar surface area (TPSA) is 101 Å². The zero-order chi connectivity index (χ0) is 22.2. The molecule has 3 aliphatic rings. The minimum Gasteiger partial charge on any atom is -0.481 e. The van der Waals surface area contributed by atoms with Crippen molar-refractivity contribution in [1.29, 1.82) is 0 Å². The molecule has 4 unspecified atom stereocenters. The number of carbonyl (C=O) groups excluding carboxylic acids is 1. The predicted octanol–water partition coefficient (Wildman–Crippen LogP) is 2.87. The lowest BCUT2D eigenvalue weighted by atomic mass is 9.74. The van der Waals surface area contributed by atoms with E-state index in [1.165, 1.54) is 5.69 Å². The van der Waals surface area contributed by atoms with E-state index in [4.69, 9.17) is 9.52 Å². The van der Waals surface area contributed by atoms with Gasteiger partial charge in [0.1, 0.15) is 5.69 Å². The van der Waals surface area contributed by atoms with Crippen LogP contribution < -0.4 is 5.32 Å². The number of amides is 1. The van der Waals surface area contributed by atoms with Crippen molar-refractivity contribution in [3.63, 3.8) is 0 Å². The summed E-state index contributed by atoms with van der Waals surface area (Å²) in [6.45, 7) is 6.28. The minimum absolute atomic E-state index is 0.00950. The van der Waals surface area contributed by atoms with Crippen LogP contribution in [0.15, 0.2) is 28.9 Å². The summed E-state index contributed by atoms with van der Waals surface area (Å²) in [5, 5.41) is 16.7. The molecular formula is C23H32N4O4. The van der Waals surface area contributed by atoms with Gasteiger partial charge in [-0.2, -0.15) is 5.10 Å². The molecule has 0 spiro atoms. The number of carboxylic acid groups (broad SMARTS) is 1. The quantitative estimate of drug-likeness (QED) is 0.671. The van der Waals surface area contributed by atoms with Gasteiger partial charge in [-0.25, -0.2) is 0 Å². The summed E-state index contributed by atoms with van der Waals surface area (Å²) in [5.41, 5.74) is 1.56. The number of aliphatic carboxylic acids is 1. The van der Waals surface area contributed by atoms with Crippen molar-refractivity contribution >= 4 is 11.9 Å². The molecule has 2 aromatic heterocycles. The van der Waals surface area contributed by atoms with Crippen molar-refractivity contribution in [2.75, 3.05) is 19.6 Å². The lowest BCUT2D eigenvalue weighted by Gasteiger charge is -2.50. The van der Waals surface area contributed by atoms with Gasteiger partial charge in [-0.3, -0.25) is 19.2 Å². The highest BCUT2D eigenvalue weighted by molar-refractivity contribution is 5.77. The van der Waals surface area contributed by atoms with Crippen LogP contribution in [0.2, 0.25) is 0 Å². The van der Waals surface area contributed by atoms with Crippen LogP contribution in [0.5, 0.6) is 0 Å². The summed E-state index contributed by atoms with van der Waals surface area (Å²) in [7, 11) is 2.00. The fourth-order valence-electron chi connectivity index (χ4n) is 5.26. The SMILES string of the molecule is Cn1nc(-c2ccco2)cc1C1CN2CCC1CC2CNC(=O)CC(C)(C)CC(=O)O. The highest BCUT2D eigenvalue weighted by atomic mass is 16.4. The number of nitrogens with one attached hydrogen (secondary N) is 1. The summed E-state index contributed by atoms with van der Waals surface area (Å²) in [4.78, 5) is 25.8. The first-order valence-electron chi connectivity index (χ1n) is 11.0. The Kier molecular flexibility index (Phi) is 5.92. The van der Waals surface area contributed by atoms with E-state index in [0.717, 1.165) is 37.4 Å². The molecule has 0 saturated carbocycles. The zero-order valence-corrected chi connectivity index (χ0v) is 18.5. The molecule has 1 amide bonds. The number of piperidine rings is 3. The Morgan fingerprint density at radius 1 is 1.35 bits per heavy atom. The molecule has 2 aromatic rings. The smallest absolute Gasteiger partial charge is 0.303 e. The van der Waals surface area contributed by atoms with Crippen LogP contribution in [0.4, 0.5) is 0 Å². The van der Waals surface area contributed by atoms with Crippen LogP contribution in [0, 0.1) is 11.3 Å². The zero-order valence-electron chi connectivity index (χ0n) is 18.5. The fourth-order valence-corrected chi connectivity index (χ4v) is 5.26. The van der Waals surface area contributed by atoms with Gasteiger partial charge in [0.25, 0.3) is 0 Å². The monoisotopic (exact) mass is 428 g/mol. The molecule has 168 valence electrons. The van der Waals surface area contributed by atoms with E-state index < -0.39 is 11.4 Å². The molecule has 5 heterocycles. The first kappa shape index (κ1) is 21.6. The van der Waals surface area contributed by atoms with Crippen LogP contribution in [-0.2, 0) is 16.6 Å². The van der Waals surface area contributed by atoms with E-state index in [1.807, 2.05) is 37.7 Å². The van der Waals surface area contributed by atoms with Crippen molar-refractivity contribution in [1.82, 2.24) is 20.0 Å². The number of nitrogens with zero attached hydrogens (tertiary/aromatic N) is 3. The number of furan rings is 1. The molecule has 2 N–H and O–H groups in total. The molecule has 4 atom stereocenters. The Morgan fingerprint density at radius 2 is 2.16 bits per heavy atom. The average Bonchev–Trinajstić information content (AvgIpc) is 3.35. The Hall–Kier alpha value is -2.61. The van der Waals surface area contributed by atoms with E-state index in [0.29, 0.717) is 24.4 Å². The second-order valence-corrected chi connectivity index (χ2v) is 9.81. The van der Waals surface area contributed by atoms with Crippen molar-refractivity contribution < 1.29 is 19.1 Å². The predicted molar refractivity (Wildman–Crippen MR) is 115 cm³/mol. The van der Waals surface area contributed by atoms with E-state index in [-0.39, 0.29) is 18.7 Å². The first-order valence-corrected chi connectivity index (χ1v) is 11.0. The summed E-state index contributed by atoms with van der Waals surface area (Å²) in [5.74, 6) is 0.839. The van der Waals surface area contributed by atoms with E-state index >= 15 is 0 Å². The van der Waals surface area contributed by atoms with Gasteiger partial charge in [0, 0.05) is 44.2 Å². The molecule has 0 aliphatic carbocycles. The third-order valence-electron chi connectivity index (χ3n) is 6.75. The molecule has 3 saturated heterocycles. The Bertz CT molecular complexity index is 934.